The Balaban J connectivity index is 2.22. The van der Waals surface area contributed by atoms with Gasteiger partial charge in [-0.05, 0) is 44.0 Å². The Hall–Kier alpha value is -2.55. The fourth-order valence-corrected chi connectivity index (χ4v) is 2.88. The van der Waals surface area contributed by atoms with E-state index >= 15 is 0 Å². The third kappa shape index (κ3) is 4.72. The van der Waals surface area contributed by atoms with Crippen molar-refractivity contribution in [2.24, 2.45) is 0 Å². The van der Waals surface area contributed by atoms with Crippen LogP contribution in [0.5, 0.6) is 0 Å². The van der Waals surface area contributed by atoms with Gasteiger partial charge in [0.05, 0.1) is 7.11 Å². The van der Waals surface area contributed by atoms with Crippen molar-refractivity contribution in [1.29, 1.82) is 0 Å². The van der Waals surface area contributed by atoms with E-state index in [-0.39, 0.29) is 12.0 Å². The average Bonchev–Trinajstić information content (AvgIpc) is 2.63. The monoisotopic (exact) mass is 323 g/mol. The maximum Gasteiger partial charge on any atom is 0.333 e. The second kappa shape index (κ2) is 8.92. The van der Waals surface area contributed by atoms with Gasteiger partial charge in [-0.15, -0.1) is 0 Å². The Morgan fingerprint density at radius 1 is 1.08 bits per heavy atom. The van der Waals surface area contributed by atoms with Crippen molar-refractivity contribution in [2.45, 2.75) is 26.3 Å². The summed E-state index contributed by atoms with van der Waals surface area (Å²) in [6, 6.07) is 20.3. The predicted octanol–water partition coefficient (Wildman–Crippen LogP) is 4.55. The second-order valence-corrected chi connectivity index (χ2v) is 5.75. The lowest BCUT2D eigenvalue weighted by molar-refractivity contribution is -0.136. The molecule has 3 nitrogen and oxygen atoms in total. The molecule has 2 rings (SSSR count). The SMILES string of the molecule is CCN(c1ccccc1)C(C)C/C(=C\c1ccccc1)C(=O)OC. The summed E-state index contributed by atoms with van der Waals surface area (Å²) in [6.45, 7) is 5.14. The minimum Gasteiger partial charge on any atom is -0.466 e. The van der Waals surface area contributed by atoms with Crippen LogP contribution >= 0.6 is 0 Å². The van der Waals surface area contributed by atoms with Gasteiger partial charge in [0.2, 0.25) is 0 Å². The molecule has 0 N–H and O–H groups in total. The summed E-state index contributed by atoms with van der Waals surface area (Å²) in [4.78, 5) is 14.5. The molecule has 0 aromatic heterocycles. The second-order valence-electron chi connectivity index (χ2n) is 5.75. The topological polar surface area (TPSA) is 29.5 Å². The first-order valence-corrected chi connectivity index (χ1v) is 8.31. The van der Waals surface area contributed by atoms with Gasteiger partial charge in [0.25, 0.3) is 0 Å². The Morgan fingerprint density at radius 3 is 2.21 bits per heavy atom. The van der Waals surface area contributed by atoms with Crippen molar-refractivity contribution in [1.82, 2.24) is 0 Å². The van der Waals surface area contributed by atoms with Crippen LogP contribution in [0, 0.1) is 0 Å². The molecule has 0 amide bonds. The van der Waals surface area contributed by atoms with Gasteiger partial charge >= 0.3 is 5.97 Å². The highest BCUT2D eigenvalue weighted by Gasteiger charge is 2.19. The summed E-state index contributed by atoms with van der Waals surface area (Å²) < 4.78 is 4.98. The van der Waals surface area contributed by atoms with Crippen LogP contribution in [0.2, 0.25) is 0 Å². The fourth-order valence-electron chi connectivity index (χ4n) is 2.88. The van der Waals surface area contributed by atoms with Crippen molar-refractivity contribution in [3.05, 3.63) is 71.8 Å². The summed E-state index contributed by atoms with van der Waals surface area (Å²) >= 11 is 0. The highest BCUT2D eigenvalue weighted by molar-refractivity contribution is 5.93. The maximum absolute atomic E-state index is 12.2. The van der Waals surface area contributed by atoms with Gasteiger partial charge in [-0.1, -0.05) is 48.5 Å². The van der Waals surface area contributed by atoms with E-state index in [2.05, 4.69) is 30.9 Å². The number of hydrogen-bond acceptors (Lipinski definition) is 3. The number of hydrogen-bond donors (Lipinski definition) is 0. The average molecular weight is 323 g/mol. The van der Waals surface area contributed by atoms with Crippen LogP contribution in [0.1, 0.15) is 25.8 Å². The summed E-state index contributed by atoms with van der Waals surface area (Å²) in [7, 11) is 1.43. The van der Waals surface area contributed by atoms with Gasteiger partial charge < -0.3 is 9.64 Å². The number of rotatable bonds is 7. The number of carbonyl (C=O) groups is 1. The van der Waals surface area contributed by atoms with Crippen LogP contribution in [0.15, 0.2) is 66.2 Å². The Kier molecular flexibility index (Phi) is 6.62. The predicted molar refractivity (Wildman–Crippen MR) is 100.0 cm³/mol. The lowest BCUT2D eigenvalue weighted by Crippen LogP contribution is -2.34. The molecule has 0 radical (unpaired) electrons. The van der Waals surface area contributed by atoms with Crippen LogP contribution < -0.4 is 4.90 Å². The summed E-state index contributed by atoms with van der Waals surface area (Å²) in [5.41, 5.74) is 2.86. The Bertz CT molecular complexity index is 665. The van der Waals surface area contributed by atoms with E-state index in [4.69, 9.17) is 4.74 Å². The molecular formula is C21H25NO2. The zero-order chi connectivity index (χ0) is 17.4. The quantitative estimate of drug-likeness (QED) is 0.553. The lowest BCUT2D eigenvalue weighted by atomic mass is 10.0. The Morgan fingerprint density at radius 2 is 1.67 bits per heavy atom. The first-order valence-electron chi connectivity index (χ1n) is 8.31. The van der Waals surface area contributed by atoms with Crippen molar-refractivity contribution >= 4 is 17.7 Å². The summed E-state index contributed by atoms with van der Waals surface area (Å²) in [5, 5.41) is 0. The van der Waals surface area contributed by atoms with E-state index in [0.717, 1.165) is 17.8 Å². The van der Waals surface area contributed by atoms with Crippen LogP contribution in [0.3, 0.4) is 0 Å². The molecule has 0 aliphatic carbocycles. The molecule has 0 aliphatic rings. The summed E-state index contributed by atoms with van der Waals surface area (Å²) in [6.07, 6.45) is 2.55. The molecule has 0 bridgehead atoms. The molecular weight excluding hydrogens is 298 g/mol. The van der Waals surface area contributed by atoms with E-state index in [1.54, 1.807) is 0 Å². The molecule has 2 aromatic carbocycles. The van der Waals surface area contributed by atoms with E-state index < -0.39 is 0 Å². The third-order valence-corrected chi connectivity index (χ3v) is 4.06. The number of anilines is 1. The fraction of sp³-hybridized carbons (Fsp3) is 0.286. The number of para-hydroxylation sites is 1. The van der Waals surface area contributed by atoms with E-state index in [1.807, 2.05) is 54.6 Å². The van der Waals surface area contributed by atoms with Crippen molar-refractivity contribution in [3.63, 3.8) is 0 Å². The van der Waals surface area contributed by atoms with Crippen molar-refractivity contribution < 1.29 is 9.53 Å². The zero-order valence-corrected chi connectivity index (χ0v) is 14.6. The number of benzene rings is 2. The normalized spacial score (nSPS) is 12.5. The number of nitrogens with zero attached hydrogens (tertiary/aromatic N) is 1. The highest BCUT2D eigenvalue weighted by Crippen LogP contribution is 2.22. The first kappa shape index (κ1) is 17.8. The largest absolute Gasteiger partial charge is 0.466 e. The minimum absolute atomic E-state index is 0.187. The van der Waals surface area contributed by atoms with Crippen LogP contribution in [-0.4, -0.2) is 25.7 Å². The lowest BCUT2D eigenvalue weighted by Gasteiger charge is -2.30. The standard InChI is InChI=1S/C21H25NO2/c1-4-22(20-13-9-6-10-14-20)17(2)15-19(21(23)24-3)16-18-11-7-5-8-12-18/h5-14,16-17H,4,15H2,1-3H3/b19-16+. The van der Waals surface area contributed by atoms with E-state index in [9.17, 15) is 4.79 Å². The Labute approximate surface area is 144 Å². The van der Waals surface area contributed by atoms with Gasteiger partial charge in [-0.3, -0.25) is 0 Å². The van der Waals surface area contributed by atoms with Crippen molar-refractivity contribution in [2.75, 3.05) is 18.6 Å². The molecule has 0 saturated carbocycles. The molecule has 0 fully saturated rings. The van der Waals surface area contributed by atoms with Crippen LogP contribution in [-0.2, 0) is 9.53 Å². The molecule has 1 unspecified atom stereocenters. The summed E-state index contributed by atoms with van der Waals surface area (Å²) in [5.74, 6) is -0.269. The molecule has 3 heteroatoms. The van der Waals surface area contributed by atoms with E-state index in [0.29, 0.717) is 12.0 Å². The van der Waals surface area contributed by atoms with Gasteiger partial charge in [0.1, 0.15) is 0 Å². The molecule has 0 aliphatic heterocycles. The van der Waals surface area contributed by atoms with Crippen LogP contribution in [0.4, 0.5) is 5.69 Å². The van der Waals surface area contributed by atoms with Crippen LogP contribution in [0.25, 0.3) is 6.08 Å². The van der Waals surface area contributed by atoms with Gasteiger partial charge in [0.15, 0.2) is 0 Å². The highest BCUT2D eigenvalue weighted by atomic mass is 16.5. The molecule has 0 saturated heterocycles. The number of carbonyl (C=O) groups excluding carboxylic acids is 1. The molecule has 2 aromatic rings. The minimum atomic E-state index is -0.269. The number of esters is 1. The molecule has 24 heavy (non-hydrogen) atoms. The first-order chi connectivity index (χ1) is 11.7. The van der Waals surface area contributed by atoms with Gasteiger partial charge in [-0.2, -0.15) is 0 Å². The van der Waals surface area contributed by atoms with E-state index in [1.165, 1.54) is 7.11 Å². The zero-order valence-electron chi connectivity index (χ0n) is 14.6. The number of ether oxygens (including phenoxy) is 1. The smallest absolute Gasteiger partial charge is 0.333 e. The molecule has 126 valence electrons. The van der Waals surface area contributed by atoms with Gasteiger partial charge in [-0.25, -0.2) is 4.79 Å². The molecule has 1 atom stereocenters. The molecule has 0 spiro atoms. The number of methoxy groups -OCH3 is 1. The maximum atomic E-state index is 12.2. The third-order valence-electron chi connectivity index (χ3n) is 4.06. The van der Waals surface area contributed by atoms with Gasteiger partial charge in [0, 0.05) is 23.8 Å². The van der Waals surface area contributed by atoms with Crippen molar-refractivity contribution in [3.8, 4) is 0 Å². The molecule has 0 heterocycles.